The Hall–Kier alpha value is -0.340. The van der Waals surface area contributed by atoms with Crippen LogP contribution in [0, 0.1) is 5.41 Å². The van der Waals surface area contributed by atoms with Crippen molar-refractivity contribution in [1.82, 2.24) is 9.97 Å². The summed E-state index contributed by atoms with van der Waals surface area (Å²) in [5.41, 5.74) is 2.40. The first-order valence-electron chi connectivity index (χ1n) is 4.69. The summed E-state index contributed by atoms with van der Waals surface area (Å²) in [5.74, 6) is 0. The van der Waals surface area contributed by atoms with Crippen LogP contribution in [-0.4, -0.2) is 9.97 Å². The van der Waals surface area contributed by atoms with Gasteiger partial charge in [0, 0.05) is 5.56 Å². The number of nitrogens with zero attached hydrogens (tertiary/aromatic N) is 2. The molecule has 0 saturated carbocycles. The van der Waals surface area contributed by atoms with Crippen LogP contribution in [0.1, 0.15) is 31.5 Å². The third-order valence-corrected chi connectivity index (χ3v) is 3.19. The van der Waals surface area contributed by atoms with Gasteiger partial charge in [-0.2, -0.15) is 0 Å². The standard InChI is InChI=1S/C10H12Cl2N2/c1-10(2)4-3-6-7(5-10)13-9(12)14-8(6)11/h3-5H2,1-2H3. The number of halogens is 2. The zero-order valence-electron chi connectivity index (χ0n) is 8.27. The largest absolute Gasteiger partial charge is 0.224 e. The van der Waals surface area contributed by atoms with Crippen LogP contribution in [0.25, 0.3) is 0 Å². The van der Waals surface area contributed by atoms with Gasteiger partial charge in [-0.15, -0.1) is 0 Å². The van der Waals surface area contributed by atoms with Gasteiger partial charge in [-0.05, 0) is 36.3 Å². The zero-order chi connectivity index (χ0) is 10.3. The number of hydrogen-bond acceptors (Lipinski definition) is 2. The van der Waals surface area contributed by atoms with Gasteiger partial charge in [-0.25, -0.2) is 9.97 Å². The van der Waals surface area contributed by atoms with Crippen LogP contribution in [0.4, 0.5) is 0 Å². The summed E-state index contributed by atoms with van der Waals surface area (Å²) < 4.78 is 0. The molecule has 1 aromatic rings. The van der Waals surface area contributed by atoms with Crippen LogP contribution >= 0.6 is 23.2 Å². The minimum absolute atomic E-state index is 0.256. The van der Waals surface area contributed by atoms with E-state index in [0.717, 1.165) is 30.5 Å². The van der Waals surface area contributed by atoms with Crippen LogP contribution < -0.4 is 0 Å². The summed E-state index contributed by atoms with van der Waals surface area (Å²) >= 11 is 11.8. The Morgan fingerprint density at radius 3 is 2.64 bits per heavy atom. The number of aromatic nitrogens is 2. The first kappa shape index (κ1) is 10.2. The van der Waals surface area contributed by atoms with Crippen LogP contribution in [0.5, 0.6) is 0 Å². The lowest BCUT2D eigenvalue weighted by Crippen LogP contribution is -2.23. The first-order chi connectivity index (χ1) is 6.48. The summed E-state index contributed by atoms with van der Waals surface area (Å²) in [7, 11) is 0. The van der Waals surface area contributed by atoms with Crippen LogP contribution in [0.2, 0.25) is 10.4 Å². The van der Waals surface area contributed by atoms with Crippen molar-refractivity contribution in [3.8, 4) is 0 Å². The predicted octanol–water partition coefficient (Wildman–Crippen LogP) is 3.30. The first-order valence-corrected chi connectivity index (χ1v) is 5.44. The quantitative estimate of drug-likeness (QED) is 0.505. The van der Waals surface area contributed by atoms with E-state index in [2.05, 4.69) is 23.8 Å². The molecule has 1 aliphatic rings. The maximum atomic E-state index is 6.01. The van der Waals surface area contributed by atoms with Crippen LogP contribution in [0.15, 0.2) is 0 Å². The molecule has 2 rings (SSSR count). The van der Waals surface area contributed by atoms with E-state index in [4.69, 9.17) is 23.2 Å². The fourth-order valence-electron chi connectivity index (χ4n) is 1.87. The highest BCUT2D eigenvalue weighted by Gasteiger charge is 2.28. The molecule has 0 atom stereocenters. The van der Waals surface area contributed by atoms with Crippen molar-refractivity contribution in [2.45, 2.75) is 33.1 Å². The van der Waals surface area contributed by atoms with Crippen molar-refractivity contribution >= 4 is 23.2 Å². The Morgan fingerprint density at radius 2 is 1.93 bits per heavy atom. The van der Waals surface area contributed by atoms with Gasteiger partial charge in [0.2, 0.25) is 5.28 Å². The van der Waals surface area contributed by atoms with E-state index in [1.165, 1.54) is 0 Å². The maximum Gasteiger partial charge on any atom is 0.224 e. The summed E-state index contributed by atoms with van der Waals surface area (Å²) in [6.07, 6.45) is 3.02. The van der Waals surface area contributed by atoms with Crippen molar-refractivity contribution in [3.63, 3.8) is 0 Å². The Kier molecular flexibility index (Phi) is 2.44. The number of rotatable bonds is 0. The van der Waals surface area contributed by atoms with E-state index in [9.17, 15) is 0 Å². The molecule has 0 aliphatic heterocycles. The second kappa shape index (κ2) is 3.35. The monoisotopic (exact) mass is 230 g/mol. The SMILES string of the molecule is CC1(C)CCc2c(Cl)nc(Cl)nc2C1. The topological polar surface area (TPSA) is 25.8 Å². The van der Waals surface area contributed by atoms with Gasteiger partial charge >= 0.3 is 0 Å². The molecular formula is C10H12Cl2N2. The molecule has 0 aromatic carbocycles. The molecule has 1 aliphatic carbocycles. The molecule has 2 nitrogen and oxygen atoms in total. The molecule has 0 radical (unpaired) electrons. The van der Waals surface area contributed by atoms with Gasteiger partial charge in [0.1, 0.15) is 5.15 Å². The number of fused-ring (bicyclic) bond motifs is 1. The molecule has 0 saturated heterocycles. The van der Waals surface area contributed by atoms with Crippen molar-refractivity contribution in [3.05, 3.63) is 21.7 Å². The molecule has 1 heterocycles. The highest BCUT2D eigenvalue weighted by atomic mass is 35.5. The Bertz CT molecular complexity index is 375. The molecule has 0 amide bonds. The normalized spacial score (nSPS) is 19.1. The van der Waals surface area contributed by atoms with Gasteiger partial charge < -0.3 is 0 Å². The summed E-state index contributed by atoms with van der Waals surface area (Å²) in [5, 5.41) is 0.780. The molecule has 0 N–H and O–H groups in total. The van der Waals surface area contributed by atoms with E-state index in [-0.39, 0.29) is 5.28 Å². The van der Waals surface area contributed by atoms with Crippen molar-refractivity contribution in [2.24, 2.45) is 5.41 Å². The molecule has 1 aromatic heterocycles. The lowest BCUT2D eigenvalue weighted by atomic mass is 9.77. The average Bonchev–Trinajstić information content (AvgIpc) is 2.00. The van der Waals surface area contributed by atoms with Crippen molar-refractivity contribution < 1.29 is 0 Å². The van der Waals surface area contributed by atoms with E-state index >= 15 is 0 Å². The molecule has 0 spiro atoms. The molecule has 0 fully saturated rings. The van der Waals surface area contributed by atoms with E-state index < -0.39 is 0 Å². The van der Waals surface area contributed by atoms with Gasteiger partial charge in [0.05, 0.1) is 5.69 Å². The summed E-state index contributed by atoms with van der Waals surface area (Å²) in [6.45, 7) is 4.47. The maximum absolute atomic E-state index is 6.01. The predicted molar refractivity (Wildman–Crippen MR) is 57.9 cm³/mol. The Balaban J connectivity index is 2.47. The fourth-order valence-corrected chi connectivity index (χ4v) is 2.38. The smallest absolute Gasteiger partial charge is 0.223 e. The molecule has 14 heavy (non-hydrogen) atoms. The van der Waals surface area contributed by atoms with Crippen molar-refractivity contribution in [1.29, 1.82) is 0 Å². The summed E-state index contributed by atoms with van der Waals surface area (Å²) in [4.78, 5) is 8.19. The lowest BCUT2D eigenvalue weighted by molar-refractivity contribution is 0.310. The molecule has 0 bridgehead atoms. The Morgan fingerprint density at radius 1 is 1.21 bits per heavy atom. The zero-order valence-corrected chi connectivity index (χ0v) is 9.78. The van der Waals surface area contributed by atoms with Crippen LogP contribution in [0.3, 0.4) is 0 Å². The molecule has 4 heteroatoms. The van der Waals surface area contributed by atoms with Gasteiger partial charge in [-0.3, -0.25) is 0 Å². The number of hydrogen-bond donors (Lipinski definition) is 0. The highest BCUT2D eigenvalue weighted by molar-refractivity contribution is 6.32. The minimum Gasteiger partial charge on any atom is -0.223 e. The second-order valence-corrected chi connectivity index (χ2v) is 5.25. The summed E-state index contributed by atoms with van der Waals surface area (Å²) in [6, 6.07) is 0. The molecule has 76 valence electrons. The van der Waals surface area contributed by atoms with E-state index in [1.807, 2.05) is 0 Å². The molecular weight excluding hydrogens is 219 g/mol. The van der Waals surface area contributed by atoms with Gasteiger partial charge in [0.25, 0.3) is 0 Å². The fraction of sp³-hybridized carbons (Fsp3) is 0.600. The van der Waals surface area contributed by atoms with Crippen LogP contribution in [-0.2, 0) is 12.8 Å². The second-order valence-electron chi connectivity index (χ2n) is 4.55. The lowest BCUT2D eigenvalue weighted by Gasteiger charge is -2.30. The minimum atomic E-state index is 0.256. The third-order valence-electron chi connectivity index (χ3n) is 2.71. The van der Waals surface area contributed by atoms with Crippen molar-refractivity contribution in [2.75, 3.05) is 0 Å². The highest BCUT2D eigenvalue weighted by Crippen LogP contribution is 2.36. The van der Waals surface area contributed by atoms with E-state index in [0.29, 0.717) is 10.6 Å². The van der Waals surface area contributed by atoms with E-state index in [1.54, 1.807) is 0 Å². The van der Waals surface area contributed by atoms with Gasteiger partial charge in [-0.1, -0.05) is 25.4 Å². The van der Waals surface area contributed by atoms with Gasteiger partial charge in [0.15, 0.2) is 0 Å². The molecule has 0 unspecified atom stereocenters. The Labute approximate surface area is 93.7 Å². The average molecular weight is 231 g/mol. The third kappa shape index (κ3) is 1.86.